The van der Waals surface area contributed by atoms with Crippen LogP contribution in [0.2, 0.25) is 0 Å². The number of hydrogen-bond donors (Lipinski definition) is 1. The maximum Gasteiger partial charge on any atom is 0.251 e. The highest BCUT2D eigenvalue weighted by atomic mass is 16.5. The number of carbonyl (C=O) groups excluding carboxylic acids is 1. The van der Waals surface area contributed by atoms with Crippen molar-refractivity contribution >= 4 is 5.91 Å². The Balaban J connectivity index is 2.22. The van der Waals surface area contributed by atoms with E-state index in [4.69, 9.17) is 4.74 Å². The van der Waals surface area contributed by atoms with Gasteiger partial charge in [-0.1, -0.05) is 13.8 Å². The second kappa shape index (κ2) is 9.37. The van der Waals surface area contributed by atoms with Gasteiger partial charge in [-0.15, -0.1) is 0 Å². The third-order valence-electron chi connectivity index (χ3n) is 3.43. The monoisotopic (exact) mass is 278 g/mol. The molecule has 1 amide bonds. The van der Waals surface area contributed by atoms with Crippen LogP contribution in [0.4, 0.5) is 0 Å². The highest BCUT2D eigenvalue weighted by Gasteiger charge is 2.05. The summed E-state index contributed by atoms with van der Waals surface area (Å²) in [5.74, 6) is 0.747. The Morgan fingerprint density at radius 2 is 1.80 bits per heavy atom. The minimum atomic E-state index is -0.0181. The lowest BCUT2D eigenvalue weighted by molar-refractivity contribution is 0.0952. The summed E-state index contributed by atoms with van der Waals surface area (Å²) in [6.07, 6.45) is 2.13. The van der Waals surface area contributed by atoms with Crippen LogP contribution < -0.4 is 10.1 Å². The highest BCUT2D eigenvalue weighted by Crippen LogP contribution is 2.11. The van der Waals surface area contributed by atoms with Crippen LogP contribution >= 0.6 is 0 Å². The SMILES string of the molecule is CCN(CC)CCCCNC(=O)c1ccc(OC)cc1. The first kappa shape index (κ1) is 16.5. The molecule has 20 heavy (non-hydrogen) atoms. The van der Waals surface area contributed by atoms with Crippen LogP contribution in [0, 0.1) is 0 Å². The van der Waals surface area contributed by atoms with Crippen LogP contribution in [0.5, 0.6) is 5.75 Å². The zero-order chi connectivity index (χ0) is 14.8. The molecule has 1 N–H and O–H groups in total. The molecule has 4 heteroatoms. The molecule has 4 nitrogen and oxygen atoms in total. The number of benzene rings is 1. The Morgan fingerprint density at radius 1 is 1.15 bits per heavy atom. The predicted molar refractivity (Wildman–Crippen MR) is 82.3 cm³/mol. The summed E-state index contributed by atoms with van der Waals surface area (Å²) in [5, 5.41) is 2.95. The topological polar surface area (TPSA) is 41.6 Å². The first-order chi connectivity index (χ1) is 9.71. The van der Waals surface area contributed by atoms with Gasteiger partial charge in [-0.2, -0.15) is 0 Å². The third-order valence-corrected chi connectivity index (χ3v) is 3.43. The molecule has 0 radical (unpaired) electrons. The van der Waals surface area contributed by atoms with E-state index < -0.39 is 0 Å². The molecule has 0 spiro atoms. The summed E-state index contributed by atoms with van der Waals surface area (Å²) in [7, 11) is 1.62. The van der Waals surface area contributed by atoms with Gasteiger partial charge in [0, 0.05) is 12.1 Å². The van der Waals surface area contributed by atoms with E-state index in [1.807, 2.05) is 0 Å². The van der Waals surface area contributed by atoms with Crippen LogP contribution in [-0.4, -0.2) is 44.1 Å². The van der Waals surface area contributed by atoms with Crippen molar-refractivity contribution in [1.82, 2.24) is 10.2 Å². The number of amides is 1. The number of ether oxygens (including phenoxy) is 1. The Hall–Kier alpha value is -1.55. The van der Waals surface area contributed by atoms with Crippen molar-refractivity contribution < 1.29 is 9.53 Å². The molecule has 0 aliphatic rings. The second-order valence-corrected chi connectivity index (χ2v) is 4.72. The lowest BCUT2D eigenvalue weighted by Crippen LogP contribution is -2.27. The fourth-order valence-electron chi connectivity index (χ4n) is 2.05. The van der Waals surface area contributed by atoms with Crippen molar-refractivity contribution in [2.24, 2.45) is 0 Å². The molecule has 0 unspecified atom stereocenters. The van der Waals surface area contributed by atoms with E-state index in [0.717, 1.165) is 44.8 Å². The molecule has 0 heterocycles. The van der Waals surface area contributed by atoms with E-state index in [9.17, 15) is 4.79 Å². The molecule has 1 aromatic carbocycles. The summed E-state index contributed by atoms with van der Waals surface area (Å²) in [5.41, 5.74) is 0.676. The van der Waals surface area contributed by atoms with Crippen LogP contribution in [0.1, 0.15) is 37.0 Å². The van der Waals surface area contributed by atoms with Gasteiger partial charge >= 0.3 is 0 Å². The molecule has 0 fully saturated rings. The third kappa shape index (κ3) is 5.61. The number of methoxy groups -OCH3 is 1. The van der Waals surface area contributed by atoms with E-state index in [0.29, 0.717) is 5.56 Å². The summed E-state index contributed by atoms with van der Waals surface area (Å²) >= 11 is 0. The Morgan fingerprint density at radius 3 is 2.35 bits per heavy atom. The number of hydrogen-bond acceptors (Lipinski definition) is 3. The predicted octanol–water partition coefficient (Wildman–Crippen LogP) is 2.55. The highest BCUT2D eigenvalue weighted by molar-refractivity contribution is 5.94. The van der Waals surface area contributed by atoms with Crippen molar-refractivity contribution in [3.05, 3.63) is 29.8 Å². The summed E-state index contributed by atoms with van der Waals surface area (Å²) in [4.78, 5) is 14.3. The van der Waals surface area contributed by atoms with Gasteiger partial charge in [0.2, 0.25) is 0 Å². The van der Waals surface area contributed by atoms with E-state index in [1.54, 1.807) is 31.4 Å². The van der Waals surface area contributed by atoms with Crippen molar-refractivity contribution in [3.63, 3.8) is 0 Å². The van der Waals surface area contributed by atoms with Crippen molar-refractivity contribution in [2.45, 2.75) is 26.7 Å². The second-order valence-electron chi connectivity index (χ2n) is 4.72. The zero-order valence-electron chi connectivity index (χ0n) is 12.8. The number of rotatable bonds is 9. The van der Waals surface area contributed by atoms with Gasteiger partial charge in [0.05, 0.1) is 7.11 Å². The number of nitrogens with zero attached hydrogens (tertiary/aromatic N) is 1. The van der Waals surface area contributed by atoms with Crippen LogP contribution in [0.15, 0.2) is 24.3 Å². The molecular weight excluding hydrogens is 252 g/mol. The standard InChI is InChI=1S/C16H26N2O2/c1-4-18(5-2)13-7-6-12-17-16(19)14-8-10-15(20-3)11-9-14/h8-11H,4-7,12-13H2,1-3H3,(H,17,19). The number of unbranched alkanes of at least 4 members (excludes halogenated alkanes) is 1. The van der Waals surface area contributed by atoms with Crippen molar-refractivity contribution in [1.29, 1.82) is 0 Å². The lowest BCUT2D eigenvalue weighted by Gasteiger charge is -2.17. The van der Waals surface area contributed by atoms with Gasteiger partial charge in [0.25, 0.3) is 5.91 Å². The number of carbonyl (C=O) groups is 1. The number of nitrogens with one attached hydrogen (secondary N) is 1. The van der Waals surface area contributed by atoms with E-state index in [2.05, 4.69) is 24.1 Å². The lowest BCUT2D eigenvalue weighted by atomic mass is 10.2. The molecular formula is C16H26N2O2. The normalized spacial score (nSPS) is 10.6. The van der Waals surface area contributed by atoms with Gasteiger partial charge in [0.1, 0.15) is 5.75 Å². The summed E-state index contributed by atoms with van der Waals surface area (Å²) in [6, 6.07) is 7.17. The maximum atomic E-state index is 11.9. The molecule has 0 aliphatic carbocycles. The van der Waals surface area contributed by atoms with Gasteiger partial charge in [0.15, 0.2) is 0 Å². The molecule has 1 rings (SSSR count). The Bertz CT molecular complexity index is 386. The maximum absolute atomic E-state index is 11.9. The van der Waals surface area contributed by atoms with E-state index in [1.165, 1.54) is 0 Å². The summed E-state index contributed by atoms with van der Waals surface area (Å²) in [6.45, 7) is 8.37. The largest absolute Gasteiger partial charge is 0.497 e. The Labute approximate surface area is 122 Å². The quantitative estimate of drug-likeness (QED) is 0.706. The minimum absolute atomic E-state index is 0.0181. The van der Waals surface area contributed by atoms with Crippen molar-refractivity contribution in [2.75, 3.05) is 33.3 Å². The van der Waals surface area contributed by atoms with Crippen LogP contribution in [0.25, 0.3) is 0 Å². The molecule has 0 bridgehead atoms. The molecule has 0 atom stereocenters. The molecule has 0 aliphatic heterocycles. The van der Waals surface area contributed by atoms with Gasteiger partial charge < -0.3 is 15.0 Å². The van der Waals surface area contributed by atoms with Crippen molar-refractivity contribution in [3.8, 4) is 5.75 Å². The van der Waals surface area contributed by atoms with Gasteiger partial charge in [-0.25, -0.2) is 0 Å². The fraction of sp³-hybridized carbons (Fsp3) is 0.562. The van der Waals surface area contributed by atoms with Gasteiger partial charge in [-0.3, -0.25) is 4.79 Å². The molecule has 0 aromatic heterocycles. The minimum Gasteiger partial charge on any atom is -0.497 e. The average molecular weight is 278 g/mol. The zero-order valence-corrected chi connectivity index (χ0v) is 12.8. The summed E-state index contributed by atoms with van der Waals surface area (Å²) < 4.78 is 5.07. The van der Waals surface area contributed by atoms with Gasteiger partial charge in [-0.05, 0) is 56.7 Å². The fourth-order valence-corrected chi connectivity index (χ4v) is 2.05. The smallest absolute Gasteiger partial charge is 0.251 e. The average Bonchev–Trinajstić information content (AvgIpc) is 2.50. The molecule has 0 saturated carbocycles. The van der Waals surface area contributed by atoms with Crippen LogP contribution in [0.3, 0.4) is 0 Å². The first-order valence-corrected chi connectivity index (χ1v) is 7.35. The van der Waals surface area contributed by atoms with E-state index >= 15 is 0 Å². The molecule has 112 valence electrons. The molecule has 1 aromatic rings. The first-order valence-electron chi connectivity index (χ1n) is 7.35. The van der Waals surface area contributed by atoms with Crippen LogP contribution in [-0.2, 0) is 0 Å². The Kier molecular flexibility index (Phi) is 7.73. The van der Waals surface area contributed by atoms with E-state index in [-0.39, 0.29) is 5.91 Å². The molecule has 0 saturated heterocycles.